The van der Waals surface area contributed by atoms with Crippen molar-refractivity contribution in [3.8, 4) is 5.75 Å². The van der Waals surface area contributed by atoms with E-state index < -0.39 is 0 Å². The van der Waals surface area contributed by atoms with Crippen molar-refractivity contribution >= 4 is 11.6 Å². The van der Waals surface area contributed by atoms with Gasteiger partial charge in [0, 0.05) is 25.8 Å². The van der Waals surface area contributed by atoms with Crippen LogP contribution in [0, 0.1) is 6.92 Å². The molecule has 0 aromatic heterocycles. The van der Waals surface area contributed by atoms with Crippen molar-refractivity contribution in [2.45, 2.75) is 13.3 Å². The molecule has 0 atom stereocenters. The number of benzene rings is 2. The molecule has 4 nitrogen and oxygen atoms in total. The van der Waals surface area contributed by atoms with E-state index in [2.05, 4.69) is 29.4 Å². The largest absolute Gasteiger partial charge is 0.484 e. The lowest BCUT2D eigenvalue weighted by Crippen LogP contribution is -2.31. The molecule has 2 rings (SSSR count). The minimum Gasteiger partial charge on any atom is -0.484 e. The van der Waals surface area contributed by atoms with Gasteiger partial charge in [-0.3, -0.25) is 4.79 Å². The van der Waals surface area contributed by atoms with Gasteiger partial charge < -0.3 is 15.0 Å². The molecule has 2 aromatic carbocycles. The molecular formula is C19H24N2O2. The van der Waals surface area contributed by atoms with Gasteiger partial charge >= 0.3 is 0 Å². The molecule has 23 heavy (non-hydrogen) atoms. The monoisotopic (exact) mass is 312 g/mol. The van der Waals surface area contributed by atoms with Crippen LogP contribution in [0.5, 0.6) is 5.75 Å². The number of hydrogen-bond acceptors (Lipinski definition) is 3. The molecule has 0 saturated carbocycles. The molecule has 0 aliphatic carbocycles. The predicted octanol–water partition coefficient (Wildman–Crippen LogP) is 3.02. The molecule has 0 aliphatic rings. The van der Waals surface area contributed by atoms with E-state index in [9.17, 15) is 4.79 Å². The fraction of sp³-hybridized carbons (Fsp3) is 0.316. The van der Waals surface area contributed by atoms with Crippen LogP contribution in [0.3, 0.4) is 0 Å². The van der Waals surface area contributed by atoms with Crippen LogP contribution in [-0.2, 0) is 4.79 Å². The van der Waals surface area contributed by atoms with Crippen LogP contribution >= 0.6 is 0 Å². The minimum atomic E-state index is -0.0890. The normalized spacial score (nSPS) is 10.2. The highest BCUT2D eigenvalue weighted by Gasteiger charge is 2.03. The van der Waals surface area contributed by atoms with E-state index in [1.807, 2.05) is 49.4 Å². The lowest BCUT2D eigenvalue weighted by molar-refractivity contribution is -0.123. The Morgan fingerprint density at radius 1 is 1.13 bits per heavy atom. The van der Waals surface area contributed by atoms with E-state index in [1.54, 1.807) is 0 Å². The van der Waals surface area contributed by atoms with Gasteiger partial charge in [-0.25, -0.2) is 0 Å². The van der Waals surface area contributed by atoms with E-state index >= 15 is 0 Å². The standard InChI is InChI=1S/C19H24N2O2/c1-16-8-6-11-18(14-16)23-15-19(22)20-12-7-13-21(2)17-9-4-3-5-10-17/h3-6,8-11,14H,7,12-13,15H2,1-2H3,(H,20,22). The summed E-state index contributed by atoms with van der Waals surface area (Å²) < 4.78 is 5.47. The van der Waals surface area contributed by atoms with Crippen molar-refractivity contribution in [1.82, 2.24) is 5.32 Å². The summed E-state index contributed by atoms with van der Waals surface area (Å²) in [5.41, 5.74) is 2.30. The maximum Gasteiger partial charge on any atom is 0.257 e. The topological polar surface area (TPSA) is 41.6 Å². The lowest BCUT2D eigenvalue weighted by atomic mass is 10.2. The molecule has 0 aliphatic heterocycles. The van der Waals surface area contributed by atoms with Crippen molar-refractivity contribution < 1.29 is 9.53 Å². The smallest absolute Gasteiger partial charge is 0.257 e. The summed E-state index contributed by atoms with van der Waals surface area (Å²) in [6.07, 6.45) is 0.890. The maximum absolute atomic E-state index is 11.8. The Morgan fingerprint density at radius 2 is 1.91 bits per heavy atom. The van der Waals surface area contributed by atoms with Gasteiger partial charge in [-0.1, -0.05) is 30.3 Å². The van der Waals surface area contributed by atoms with Gasteiger partial charge in [-0.15, -0.1) is 0 Å². The van der Waals surface area contributed by atoms with Gasteiger partial charge in [0.2, 0.25) is 0 Å². The fourth-order valence-electron chi connectivity index (χ4n) is 2.26. The third-order valence-corrected chi connectivity index (χ3v) is 3.55. The quantitative estimate of drug-likeness (QED) is 0.762. The van der Waals surface area contributed by atoms with Crippen LogP contribution < -0.4 is 15.0 Å². The zero-order valence-corrected chi connectivity index (χ0v) is 13.8. The molecule has 1 N–H and O–H groups in total. The molecular weight excluding hydrogens is 288 g/mol. The Bertz CT molecular complexity index is 614. The van der Waals surface area contributed by atoms with Crippen LogP contribution in [0.25, 0.3) is 0 Å². The number of carbonyl (C=O) groups excluding carboxylic acids is 1. The Kier molecular flexibility index (Phi) is 6.48. The molecule has 0 unspecified atom stereocenters. The van der Waals surface area contributed by atoms with Gasteiger partial charge in [-0.2, -0.15) is 0 Å². The van der Waals surface area contributed by atoms with Crippen LogP contribution in [-0.4, -0.2) is 32.7 Å². The zero-order valence-electron chi connectivity index (χ0n) is 13.8. The van der Waals surface area contributed by atoms with E-state index in [0.29, 0.717) is 6.54 Å². The highest BCUT2D eigenvalue weighted by Crippen LogP contribution is 2.12. The first-order valence-corrected chi connectivity index (χ1v) is 7.87. The van der Waals surface area contributed by atoms with Crippen LogP contribution in [0.2, 0.25) is 0 Å². The summed E-state index contributed by atoms with van der Waals surface area (Å²) in [7, 11) is 2.05. The molecule has 4 heteroatoms. The third-order valence-electron chi connectivity index (χ3n) is 3.55. The third kappa shape index (κ3) is 6.02. The number of nitrogens with zero attached hydrogens (tertiary/aromatic N) is 1. The zero-order chi connectivity index (χ0) is 16.5. The summed E-state index contributed by atoms with van der Waals surface area (Å²) in [6.45, 7) is 3.59. The molecule has 2 aromatic rings. The second-order valence-electron chi connectivity index (χ2n) is 5.57. The van der Waals surface area contributed by atoms with E-state index in [-0.39, 0.29) is 12.5 Å². The number of aryl methyl sites for hydroxylation is 1. The number of nitrogens with one attached hydrogen (secondary N) is 1. The molecule has 0 bridgehead atoms. The molecule has 0 fully saturated rings. The number of amides is 1. The minimum absolute atomic E-state index is 0.0535. The second-order valence-corrected chi connectivity index (χ2v) is 5.57. The molecule has 0 spiro atoms. The molecule has 0 heterocycles. The summed E-state index contributed by atoms with van der Waals surface area (Å²) in [5.74, 6) is 0.637. The lowest BCUT2D eigenvalue weighted by Gasteiger charge is -2.19. The van der Waals surface area contributed by atoms with Gasteiger partial charge in [0.25, 0.3) is 5.91 Å². The van der Waals surface area contributed by atoms with E-state index in [0.717, 1.165) is 24.3 Å². The first-order chi connectivity index (χ1) is 11.1. The van der Waals surface area contributed by atoms with Gasteiger partial charge in [0.15, 0.2) is 6.61 Å². The van der Waals surface area contributed by atoms with Crippen molar-refractivity contribution in [1.29, 1.82) is 0 Å². The number of hydrogen-bond donors (Lipinski definition) is 1. The van der Waals surface area contributed by atoms with Crippen LogP contribution in [0.4, 0.5) is 5.69 Å². The summed E-state index contributed by atoms with van der Waals surface area (Å²) in [4.78, 5) is 13.9. The van der Waals surface area contributed by atoms with Gasteiger partial charge in [0.1, 0.15) is 5.75 Å². The Morgan fingerprint density at radius 3 is 2.65 bits per heavy atom. The van der Waals surface area contributed by atoms with Gasteiger partial charge in [-0.05, 0) is 43.2 Å². The van der Waals surface area contributed by atoms with Crippen molar-refractivity contribution in [2.24, 2.45) is 0 Å². The highest BCUT2D eigenvalue weighted by atomic mass is 16.5. The van der Waals surface area contributed by atoms with E-state index in [1.165, 1.54) is 5.69 Å². The maximum atomic E-state index is 11.8. The summed E-state index contributed by atoms with van der Waals surface area (Å²) in [5, 5.41) is 2.88. The average molecular weight is 312 g/mol. The van der Waals surface area contributed by atoms with Crippen LogP contribution in [0.1, 0.15) is 12.0 Å². The predicted molar refractivity (Wildman–Crippen MR) is 94.0 cm³/mol. The summed E-state index contributed by atoms with van der Waals surface area (Å²) >= 11 is 0. The van der Waals surface area contributed by atoms with Crippen molar-refractivity contribution in [3.63, 3.8) is 0 Å². The van der Waals surface area contributed by atoms with Crippen molar-refractivity contribution in [2.75, 3.05) is 31.6 Å². The summed E-state index contributed by atoms with van der Waals surface area (Å²) in [6, 6.07) is 17.9. The number of carbonyl (C=O) groups is 1. The van der Waals surface area contributed by atoms with Crippen LogP contribution in [0.15, 0.2) is 54.6 Å². The Balaban J connectivity index is 1.61. The SMILES string of the molecule is Cc1cccc(OCC(=O)NCCCN(C)c2ccccc2)c1. The fourth-order valence-corrected chi connectivity index (χ4v) is 2.26. The average Bonchev–Trinajstić information content (AvgIpc) is 2.57. The van der Waals surface area contributed by atoms with E-state index in [4.69, 9.17) is 4.74 Å². The van der Waals surface area contributed by atoms with Gasteiger partial charge in [0.05, 0.1) is 0 Å². The molecule has 0 radical (unpaired) electrons. The highest BCUT2D eigenvalue weighted by molar-refractivity contribution is 5.77. The molecule has 1 amide bonds. The number of ether oxygens (including phenoxy) is 1. The molecule has 0 saturated heterocycles. The van der Waals surface area contributed by atoms with Crippen molar-refractivity contribution in [3.05, 3.63) is 60.2 Å². The second kappa shape index (κ2) is 8.83. The number of rotatable bonds is 8. The Hall–Kier alpha value is -2.49. The number of para-hydroxylation sites is 1. The first-order valence-electron chi connectivity index (χ1n) is 7.87. The first kappa shape index (κ1) is 16.9. The Labute approximate surface area is 138 Å². The molecule has 122 valence electrons. The number of anilines is 1.